The SMILES string of the molecule is O=C(CSc1ncccn1)Nc1ccc(Cl)c(S(=O)(=O)N2CCOCC2)c1. The molecule has 2 aromatic rings. The fraction of sp³-hybridized carbons (Fsp3) is 0.312. The first-order valence-corrected chi connectivity index (χ1v) is 10.8. The summed E-state index contributed by atoms with van der Waals surface area (Å²) in [6.07, 6.45) is 3.18. The van der Waals surface area contributed by atoms with Crippen molar-refractivity contribution in [1.29, 1.82) is 0 Å². The smallest absolute Gasteiger partial charge is 0.244 e. The lowest BCUT2D eigenvalue weighted by atomic mass is 10.3. The van der Waals surface area contributed by atoms with Gasteiger partial charge in [-0.05, 0) is 24.3 Å². The molecule has 0 radical (unpaired) electrons. The number of carbonyl (C=O) groups is 1. The second kappa shape index (κ2) is 8.98. The average Bonchev–Trinajstić information content (AvgIpc) is 2.69. The molecule has 1 fully saturated rings. The molecular weight excluding hydrogens is 412 g/mol. The van der Waals surface area contributed by atoms with Crippen molar-refractivity contribution in [1.82, 2.24) is 14.3 Å². The summed E-state index contributed by atoms with van der Waals surface area (Å²) in [5.74, 6) is -0.206. The molecule has 11 heteroatoms. The van der Waals surface area contributed by atoms with Gasteiger partial charge in [-0.3, -0.25) is 4.79 Å². The summed E-state index contributed by atoms with van der Waals surface area (Å²) in [7, 11) is -3.76. The van der Waals surface area contributed by atoms with E-state index in [9.17, 15) is 13.2 Å². The minimum absolute atomic E-state index is 0.0390. The van der Waals surface area contributed by atoms with Crippen molar-refractivity contribution in [2.45, 2.75) is 10.1 Å². The summed E-state index contributed by atoms with van der Waals surface area (Å²) in [6.45, 7) is 1.21. The van der Waals surface area contributed by atoms with Gasteiger partial charge in [-0.1, -0.05) is 23.4 Å². The van der Waals surface area contributed by atoms with Gasteiger partial charge in [0.25, 0.3) is 0 Å². The van der Waals surface area contributed by atoms with Gasteiger partial charge in [0, 0.05) is 31.2 Å². The number of nitrogens with zero attached hydrogens (tertiary/aromatic N) is 3. The molecule has 1 saturated heterocycles. The molecule has 3 rings (SSSR count). The predicted molar refractivity (Wildman–Crippen MR) is 102 cm³/mol. The summed E-state index contributed by atoms with van der Waals surface area (Å²) in [5, 5.41) is 3.26. The number of hydrogen-bond donors (Lipinski definition) is 1. The molecule has 2 heterocycles. The van der Waals surface area contributed by atoms with Crippen LogP contribution < -0.4 is 5.32 Å². The number of carbonyl (C=O) groups excluding carboxylic acids is 1. The molecule has 0 unspecified atom stereocenters. The maximum absolute atomic E-state index is 12.8. The van der Waals surface area contributed by atoms with Crippen LogP contribution in [0.15, 0.2) is 46.7 Å². The first-order chi connectivity index (χ1) is 13.0. The number of rotatable bonds is 6. The van der Waals surface area contributed by atoms with E-state index in [1.807, 2.05) is 0 Å². The molecule has 0 bridgehead atoms. The van der Waals surface area contributed by atoms with E-state index in [-0.39, 0.29) is 34.7 Å². The Kier molecular flexibility index (Phi) is 6.66. The van der Waals surface area contributed by atoms with Crippen LogP contribution in [0.5, 0.6) is 0 Å². The second-order valence-corrected chi connectivity index (χ2v) is 8.79. The maximum atomic E-state index is 12.8. The second-order valence-electron chi connectivity index (χ2n) is 5.53. The van der Waals surface area contributed by atoms with Crippen LogP contribution in [0.4, 0.5) is 5.69 Å². The summed E-state index contributed by atoms with van der Waals surface area (Å²) in [5.41, 5.74) is 0.353. The number of nitrogens with one attached hydrogen (secondary N) is 1. The molecule has 1 aliphatic rings. The molecule has 27 heavy (non-hydrogen) atoms. The number of anilines is 1. The number of amides is 1. The summed E-state index contributed by atoms with van der Waals surface area (Å²) >= 11 is 7.29. The largest absolute Gasteiger partial charge is 0.379 e. The van der Waals surface area contributed by atoms with Gasteiger partial charge >= 0.3 is 0 Å². The van der Waals surface area contributed by atoms with Crippen LogP contribution in [-0.2, 0) is 19.6 Å². The number of hydrogen-bond acceptors (Lipinski definition) is 7. The average molecular weight is 429 g/mol. The highest BCUT2D eigenvalue weighted by molar-refractivity contribution is 7.99. The number of thioether (sulfide) groups is 1. The Labute approximate surface area is 166 Å². The molecule has 1 aromatic carbocycles. The molecule has 144 valence electrons. The highest BCUT2D eigenvalue weighted by Gasteiger charge is 2.28. The fourth-order valence-corrected chi connectivity index (χ4v) is 4.90. The molecule has 0 aliphatic carbocycles. The third-order valence-corrected chi connectivity index (χ3v) is 6.93. The van der Waals surface area contributed by atoms with Crippen LogP contribution >= 0.6 is 23.4 Å². The van der Waals surface area contributed by atoms with E-state index in [1.165, 1.54) is 28.2 Å². The highest BCUT2D eigenvalue weighted by Crippen LogP contribution is 2.28. The van der Waals surface area contributed by atoms with Gasteiger partial charge in [0.2, 0.25) is 15.9 Å². The van der Waals surface area contributed by atoms with Gasteiger partial charge in [0.05, 0.1) is 24.0 Å². The predicted octanol–water partition coefficient (Wildman–Crippen LogP) is 1.88. The van der Waals surface area contributed by atoms with Crippen LogP contribution in [0, 0.1) is 0 Å². The summed E-state index contributed by atoms with van der Waals surface area (Å²) in [4.78, 5) is 20.2. The number of halogens is 1. The van der Waals surface area contributed by atoms with Crippen LogP contribution in [-0.4, -0.2) is 60.7 Å². The van der Waals surface area contributed by atoms with Crippen LogP contribution in [0.25, 0.3) is 0 Å². The number of sulfonamides is 1. The van der Waals surface area contributed by atoms with E-state index >= 15 is 0 Å². The Bertz CT molecular complexity index is 906. The minimum atomic E-state index is -3.76. The van der Waals surface area contributed by atoms with Crippen LogP contribution in [0.1, 0.15) is 0 Å². The lowest BCUT2D eigenvalue weighted by Gasteiger charge is -2.26. The number of benzene rings is 1. The standard InChI is InChI=1S/C16H17ClN4O4S2/c17-13-3-2-12(20-15(22)11-26-16-18-4-1-5-19-16)10-14(13)27(23,24)21-6-8-25-9-7-21/h1-5,10H,6-9,11H2,(H,20,22). The van der Waals surface area contributed by atoms with Crippen molar-refractivity contribution in [3.63, 3.8) is 0 Å². The van der Waals surface area contributed by atoms with E-state index in [0.717, 1.165) is 0 Å². The van der Waals surface area contributed by atoms with Crippen LogP contribution in [0.2, 0.25) is 5.02 Å². The summed E-state index contributed by atoms with van der Waals surface area (Å²) < 4.78 is 32.1. The van der Waals surface area contributed by atoms with Crippen molar-refractivity contribution < 1.29 is 17.9 Å². The van der Waals surface area contributed by atoms with Gasteiger partial charge in [-0.2, -0.15) is 4.31 Å². The highest BCUT2D eigenvalue weighted by atomic mass is 35.5. The van der Waals surface area contributed by atoms with Crippen molar-refractivity contribution in [3.05, 3.63) is 41.7 Å². The topological polar surface area (TPSA) is 101 Å². The first kappa shape index (κ1) is 20.0. The van der Waals surface area contributed by atoms with E-state index in [1.54, 1.807) is 24.5 Å². The zero-order valence-electron chi connectivity index (χ0n) is 14.2. The molecule has 8 nitrogen and oxygen atoms in total. The van der Waals surface area contributed by atoms with Crippen molar-refractivity contribution in [3.8, 4) is 0 Å². The molecule has 1 aliphatic heterocycles. The van der Waals surface area contributed by atoms with E-state index in [0.29, 0.717) is 24.1 Å². The molecule has 0 saturated carbocycles. The van der Waals surface area contributed by atoms with Gasteiger partial charge in [-0.25, -0.2) is 18.4 Å². The Hall–Kier alpha value is -1.72. The van der Waals surface area contributed by atoms with Crippen molar-refractivity contribution >= 4 is 45.0 Å². The zero-order chi connectivity index (χ0) is 19.3. The van der Waals surface area contributed by atoms with Gasteiger partial charge in [0.15, 0.2) is 5.16 Å². The molecular formula is C16H17ClN4O4S2. The Morgan fingerprint density at radius 3 is 2.67 bits per heavy atom. The minimum Gasteiger partial charge on any atom is -0.379 e. The Balaban J connectivity index is 1.70. The fourth-order valence-electron chi connectivity index (χ4n) is 2.39. The number of aromatic nitrogens is 2. The quantitative estimate of drug-likeness (QED) is 0.553. The normalized spacial score (nSPS) is 15.4. The van der Waals surface area contributed by atoms with Gasteiger partial charge in [-0.15, -0.1) is 0 Å². The first-order valence-electron chi connectivity index (χ1n) is 8.04. The number of morpholine rings is 1. The molecule has 0 spiro atoms. The van der Waals surface area contributed by atoms with E-state index in [2.05, 4.69) is 15.3 Å². The third-order valence-electron chi connectivity index (χ3n) is 3.68. The maximum Gasteiger partial charge on any atom is 0.244 e. The molecule has 0 atom stereocenters. The molecule has 1 aromatic heterocycles. The Morgan fingerprint density at radius 1 is 1.26 bits per heavy atom. The van der Waals surface area contributed by atoms with Gasteiger partial charge < -0.3 is 10.1 Å². The third kappa shape index (κ3) is 5.17. The Morgan fingerprint density at radius 2 is 1.96 bits per heavy atom. The van der Waals surface area contributed by atoms with Crippen LogP contribution in [0.3, 0.4) is 0 Å². The van der Waals surface area contributed by atoms with Gasteiger partial charge in [0.1, 0.15) is 4.90 Å². The molecule has 1 amide bonds. The summed E-state index contributed by atoms with van der Waals surface area (Å²) in [6, 6.07) is 6.07. The lowest BCUT2D eigenvalue weighted by molar-refractivity contribution is -0.113. The van der Waals surface area contributed by atoms with E-state index in [4.69, 9.17) is 16.3 Å². The molecule has 1 N–H and O–H groups in total. The monoisotopic (exact) mass is 428 g/mol. The van der Waals surface area contributed by atoms with Crippen molar-refractivity contribution in [2.75, 3.05) is 37.4 Å². The lowest BCUT2D eigenvalue weighted by Crippen LogP contribution is -2.40. The van der Waals surface area contributed by atoms with Crippen molar-refractivity contribution in [2.24, 2.45) is 0 Å². The van der Waals surface area contributed by atoms with E-state index < -0.39 is 10.0 Å². The zero-order valence-corrected chi connectivity index (χ0v) is 16.6. The number of ether oxygens (including phenoxy) is 1.